The second-order valence-electron chi connectivity index (χ2n) is 9.95. The quantitative estimate of drug-likeness (QED) is 0.629. The van der Waals surface area contributed by atoms with E-state index in [9.17, 15) is 19.2 Å². The lowest BCUT2D eigenvalue weighted by atomic mass is 9.61. The molecule has 0 saturated heterocycles. The highest BCUT2D eigenvalue weighted by Gasteiger charge is 2.50. The van der Waals surface area contributed by atoms with Crippen LogP contribution in [0, 0.1) is 35.5 Å². The Balaban J connectivity index is 2.04. The van der Waals surface area contributed by atoms with Gasteiger partial charge in [0.05, 0.1) is 18.9 Å². The Kier molecular flexibility index (Phi) is 7.13. The molecule has 0 amide bonds. The van der Waals surface area contributed by atoms with Gasteiger partial charge < -0.3 is 4.74 Å². The molecular weight excluding hydrogens is 392 g/mol. The average molecular weight is 427 g/mol. The number of carbonyl (C=O) groups excluding carboxylic acids is 4. The van der Waals surface area contributed by atoms with Gasteiger partial charge in [0.25, 0.3) is 0 Å². The number of rotatable bonds is 6. The highest BCUT2D eigenvalue weighted by molar-refractivity contribution is 6.10. The van der Waals surface area contributed by atoms with Crippen molar-refractivity contribution in [3.05, 3.63) is 29.8 Å². The number of ketones is 4. The van der Waals surface area contributed by atoms with Crippen molar-refractivity contribution in [1.82, 2.24) is 0 Å². The van der Waals surface area contributed by atoms with Crippen LogP contribution in [0.3, 0.4) is 0 Å². The molecule has 1 aromatic carbocycles. The van der Waals surface area contributed by atoms with Gasteiger partial charge >= 0.3 is 0 Å². The summed E-state index contributed by atoms with van der Waals surface area (Å²) in [4.78, 5) is 53.0. The van der Waals surface area contributed by atoms with E-state index < -0.39 is 17.8 Å². The lowest BCUT2D eigenvalue weighted by Gasteiger charge is -2.39. The van der Waals surface area contributed by atoms with Crippen LogP contribution in [0.1, 0.15) is 64.9 Å². The van der Waals surface area contributed by atoms with E-state index in [1.165, 1.54) is 0 Å². The SMILES string of the molecule is COc1cccc(C(C2C(=O)CC(C(C)C)CC2=O)C2C(=O)CC(C(C)C)CC2=O)c1. The summed E-state index contributed by atoms with van der Waals surface area (Å²) >= 11 is 0. The fourth-order valence-corrected chi connectivity index (χ4v) is 5.22. The van der Waals surface area contributed by atoms with Gasteiger partial charge in [0.1, 0.15) is 28.9 Å². The minimum atomic E-state index is -0.949. The Morgan fingerprint density at radius 2 is 1.16 bits per heavy atom. The van der Waals surface area contributed by atoms with Crippen molar-refractivity contribution in [2.24, 2.45) is 35.5 Å². The largest absolute Gasteiger partial charge is 0.497 e. The fourth-order valence-electron chi connectivity index (χ4n) is 5.22. The Morgan fingerprint density at radius 3 is 1.52 bits per heavy atom. The zero-order chi connectivity index (χ0) is 22.9. The van der Waals surface area contributed by atoms with E-state index in [-0.39, 0.29) is 46.8 Å². The molecule has 0 bridgehead atoms. The number of carbonyl (C=O) groups is 4. The van der Waals surface area contributed by atoms with Gasteiger partial charge in [-0.15, -0.1) is 0 Å². The number of benzene rings is 1. The molecule has 0 aliphatic heterocycles. The Hall–Kier alpha value is -2.30. The number of methoxy groups -OCH3 is 1. The molecule has 2 fully saturated rings. The maximum absolute atomic E-state index is 13.2. The van der Waals surface area contributed by atoms with Gasteiger partial charge in [0.2, 0.25) is 0 Å². The monoisotopic (exact) mass is 426 g/mol. The van der Waals surface area contributed by atoms with Crippen molar-refractivity contribution in [1.29, 1.82) is 0 Å². The van der Waals surface area contributed by atoms with E-state index in [2.05, 4.69) is 0 Å². The maximum Gasteiger partial charge on any atom is 0.144 e. The van der Waals surface area contributed by atoms with Gasteiger partial charge in [-0.25, -0.2) is 0 Å². The van der Waals surface area contributed by atoms with Crippen molar-refractivity contribution < 1.29 is 23.9 Å². The Bertz CT molecular complexity index is 784. The number of hydrogen-bond donors (Lipinski definition) is 0. The second-order valence-corrected chi connectivity index (χ2v) is 9.95. The average Bonchev–Trinajstić information content (AvgIpc) is 2.71. The molecule has 0 heterocycles. The van der Waals surface area contributed by atoms with Gasteiger partial charge in [-0.3, -0.25) is 19.2 Å². The van der Waals surface area contributed by atoms with Crippen molar-refractivity contribution in [3.63, 3.8) is 0 Å². The van der Waals surface area contributed by atoms with E-state index in [0.29, 0.717) is 37.0 Å². The molecule has 0 atom stereocenters. The molecule has 2 saturated carbocycles. The third-order valence-corrected chi connectivity index (χ3v) is 7.32. The second kappa shape index (κ2) is 9.46. The van der Waals surface area contributed by atoms with Crippen LogP contribution in [0.2, 0.25) is 0 Å². The van der Waals surface area contributed by atoms with Crippen LogP contribution in [0.4, 0.5) is 0 Å². The zero-order valence-electron chi connectivity index (χ0n) is 19.2. The molecule has 2 aliphatic carbocycles. The molecule has 1 aromatic rings. The van der Waals surface area contributed by atoms with Gasteiger partial charge in [-0.2, -0.15) is 0 Å². The molecule has 0 unspecified atom stereocenters. The van der Waals surface area contributed by atoms with Gasteiger partial charge in [0, 0.05) is 31.6 Å². The smallest absolute Gasteiger partial charge is 0.144 e. The minimum Gasteiger partial charge on any atom is -0.497 e. The summed E-state index contributed by atoms with van der Waals surface area (Å²) in [6.45, 7) is 8.08. The summed E-state index contributed by atoms with van der Waals surface area (Å²) in [5.74, 6) is -2.15. The van der Waals surface area contributed by atoms with Crippen LogP contribution >= 0.6 is 0 Å². The topological polar surface area (TPSA) is 77.5 Å². The van der Waals surface area contributed by atoms with Crippen molar-refractivity contribution in [2.45, 2.75) is 59.3 Å². The van der Waals surface area contributed by atoms with E-state index in [0.717, 1.165) is 0 Å². The third-order valence-electron chi connectivity index (χ3n) is 7.32. The first-order chi connectivity index (χ1) is 14.6. The van der Waals surface area contributed by atoms with Gasteiger partial charge in [-0.05, 0) is 41.4 Å². The molecule has 5 heteroatoms. The predicted molar refractivity (Wildman–Crippen MR) is 118 cm³/mol. The van der Waals surface area contributed by atoms with Crippen LogP contribution in [0.15, 0.2) is 24.3 Å². The molecule has 31 heavy (non-hydrogen) atoms. The van der Waals surface area contributed by atoms with Crippen molar-refractivity contribution in [3.8, 4) is 5.75 Å². The summed E-state index contributed by atoms with van der Waals surface area (Å²) in [7, 11) is 1.54. The molecule has 0 spiro atoms. The highest BCUT2D eigenvalue weighted by atomic mass is 16.5. The van der Waals surface area contributed by atoms with Gasteiger partial charge in [-0.1, -0.05) is 39.8 Å². The van der Waals surface area contributed by atoms with Crippen LogP contribution in [-0.2, 0) is 19.2 Å². The summed E-state index contributed by atoms with van der Waals surface area (Å²) in [6.07, 6.45) is 1.27. The van der Waals surface area contributed by atoms with E-state index in [1.807, 2.05) is 27.7 Å². The van der Waals surface area contributed by atoms with E-state index in [4.69, 9.17) is 4.74 Å². The van der Waals surface area contributed by atoms with Crippen LogP contribution < -0.4 is 4.74 Å². The summed E-state index contributed by atoms with van der Waals surface area (Å²) < 4.78 is 5.34. The molecule has 5 nitrogen and oxygen atoms in total. The summed E-state index contributed by atoms with van der Waals surface area (Å²) in [5.41, 5.74) is 0.656. The maximum atomic E-state index is 13.2. The lowest BCUT2D eigenvalue weighted by molar-refractivity contribution is -0.144. The first kappa shape index (κ1) is 23.4. The van der Waals surface area contributed by atoms with E-state index >= 15 is 0 Å². The number of ether oxygens (including phenoxy) is 1. The summed E-state index contributed by atoms with van der Waals surface area (Å²) in [6, 6.07) is 7.12. The number of hydrogen-bond acceptors (Lipinski definition) is 5. The van der Waals surface area contributed by atoms with Gasteiger partial charge in [0.15, 0.2) is 0 Å². The Morgan fingerprint density at radius 1 is 0.742 bits per heavy atom. The number of Topliss-reactive ketones (excluding diaryl/α,β-unsaturated/α-hetero) is 4. The zero-order valence-corrected chi connectivity index (χ0v) is 19.2. The minimum absolute atomic E-state index is 0.0188. The molecule has 2 aliphatic rings. The summed E-state index contributed by atoms with van der Waals surface area (Å²) in [5, 5.41) is 0. The molecule has 3 rings (SSSR count). The van der Waals surface area contributed by atoms with Crippen molar-refractivity contribution >= 4 is 23.1 Å². The van der Waals surface area contributed by atoms with Crippen LogP contribution in [0.5, 0.6) is 5.75 Å². The standard InChI is InChI=1S/C26H34O5/c1-14(2)17-10-20(27)25(21(28)11-17)24(16-7-6-8-19(9-16)31-5)26-22(29)12-18(15(3)4)13-23(26)30/h6-9,14-15,17-18,24-26H,10-13H2,1-5H3. The van der Waals surface area contributed by atoms with Crippen LogP contribution in [0.25, 0.3) is 0 Å². The first-order valence-corrected chi connectivity index (χ1v) is 11.4. The van der Waals surface area contributed by atoms with E-state index in [1.54, 1.807) is 31.4 Å². The molecule has 0 radical (unpaired) electrons. The first-order valence-electron chi connectivity index (χ1n) is 11.4. The lowest BCUT2D eigenvalue weighted by Crippen LogP contribution is -2.46. The highest BCUT2D eigenvalue weighted by Crippen LogP contribution is 2.45. The predicted octanol–water partition coefficient (Wildman–Crippen LogP) is 4.42. The molecule has 0 N–H and O–H groups in total. The van der Waals surface area contributed by atoms with Crippen LogP contribution in [-0.4, -0.2) is 30.2 Å². The molecule has 168 valence electrons. The Labute approximate surface area is 184 Å². The van der Waals surface area contributed by atoms with Crippen molar-refractivity contribution in [2.75, 3.05) is 7.11 Å². The fraction of sp³-hybridized carbons (Fsp3) is 0.615. The normalized spacial score (nSPS) is 28.4. The third kappa shape index (κ3) is 4.81. The molecular formula is C26H34O5. The molecule has 0 aromatic heterocycles.